The standard InChI is InChI=1S/C11H22N2O/c1-4-9-5-7-10(8-6-9)13(3)11(14)12-2/h9-10H,4-8H2,1-3H3,(H,12,14). The van der Waals surface area contributed by atoms with Crippen molar-refractivity contribution in [3.63, 3.8) is 0 Å². The summed E-state index contributed by atoms with van der Waals surface area (Å²) in [7, 11) is 3.59. The van der Waals surface area contributed by atoms with Gasteiger partial charge in [-0.15, -0.1) is 0 Å². The van der Waals surface area contributed by atoms with Gasteiger partial charge in [-0.2, -0.15) is 0 Å². The topological polar surface area (TPSA) is 32.3 Å². The summed E-state index contributed by atoms with van der Waals surface area (Å²) < 4.78 is 0. The molecular formula is C11H22N2O. The molecule has 1 aliphatic rings. The number of rotatable bonds is 2. The molecule has 0 unspecified atom stereocenters. The zero-order valence-corrected chi connectivity index (χ0v) is 9.55. The van der Waals surface area contributed by atoms with E-state index in [0.717, 1.165) is 5.92 Å². The first-order chi connectivity index (χ1) is 6.69. The van der Waals surface area contributed by atoms with E-state index in [9.17, 15) is 4.79 Å². The minimum absolute atomic E-state index is 0.0462. The van der Waals surface area contributed by atoms with Crippen LogP contribution < -0.4 is 5.32 Å². The number of carbonyl (C=O) groups excluding carboxylic acids is 1. The van der Waals surface area contributed by atoms with Crippen LogP contribution in [-0.4, -0.2) is 31.1 Å². The van der Waals surface area contributed by atoms with E-state index in [2.05, 4.69) is 12.2 Å². The third-order valence-electron chi connectivity index (χ3n) is 3.48. The van der Waals surface area contributed by atoms with E-state index < -0.39 is 0 Å². The van der Waals surface area contributed by atoms with Crippen molar-refractivity contribution in [2.45, 2.75) is 45.1 Å². The monoisotopic (exact) mass is 198 g/mol. The molecule has 0 aromatic carbocycles. The predicted octanol–water partition coefficient (Wildman–Crippen LogP) is 2.23. The van der Waals surface area contributed by atoms with Crippen LogP contribution in [0.3, 0.4) is 0 Å². The van der Waals surface area contributed by atoms with Crippen molar-refractivity contribution in [3.8, 4) is 0 Å². The molecule has 2 amide bonds. The molecule has 0 radical (unpaired) electrons. The van der Waals surface area contributed by atoms with Crippen LogP contribution in [0.4, 0.5) is 4.79 Å². The maximum atomic E-state index is 11.4. The smallest absolute Gasteiger partial charge is 0.317 e. The summed E-state index contributed by atoms with van der Waals surface area (Å²) in [5, 5.41) is 2.67. The average molecular weight is 198 g/mol. The van der Waals surface area contributed by atoms with Gasteiger partial charge in [-0.1, -0.05) is 13.3 Å². The highest BCUT2D eigenvalue weighted by Gasteiger charge is 2.24. The summed E-state index contributed by atoms with van der Waals surface area (Å²) >= 11 is 0. The molecule has 0 atom stereocenters. The van der Waals surface area contributed by atoms with E-state index in [0.29, 0.717) is 6.04 Å². The Morgan fingerprint density at radius 2 is 1.93 bits per heavy atom. The van der Waals surface area contributed by atoms with Crippen molar-refractivity contribution < 1.29 is 4.79 Å². The number of nitrogens with one attached hydrogen (secondary N) is 1. The fourth-order valence-electron chi connectivity index (χ4n) is 2.28. The van der Waals surface area contributed by atoms with Gasteiger partial charge in [0, 0.05) is 20.1 Å². The molecular weight excluding hydrogens is 176 g/mol. The van der Waals surface area contributed by atoms with Gasteiger partial charge in [-0.25, -0.2) is 4.79 Å². The molecule has 14 heavy (non-hydrogen) atoms. The van der Waals surface area contributed by atoms with Crippen molar-refractivity contribution in [3.05, 3.63) is 0 Å². The van der Waals surface area contributed by atoms with Crippen LogP contribution in [0.15, 0.2) is 0 Å². The quantitative estimate of drug-likeness (QED) is 0.725. The first kappa shape index (κ1) is 11.3. The maximum Gasteiger partial charge on any atom is 0.317 e. The molecule has 0 aromatic rings. The number of amides is 2. The number of carbonyl (C=O) groups is 1. The molecule has 1 rings (SSSR count). The molecule has 1 N–H and O–H groups in total. The van der Waals surface area contributed by atoms with E-state index in [1.54, 1.807) is 7.05 Å². The molecule has 0 aromatic heterocycles. The van der Waals surface area contributed by atoms with Crippen LogP contribution in [0.25, 0.3) is 0 Å². The van der Waals surface area contributed by atoms with E-state index in [1.807, 2.05) is 11.9 Å². The zero-order valence-electron chi connectivity index (χ0n) is 9.55. The second-order valence-corrected chi connectivity index (χ2v) is 4.25. The molecule has 1 fully saturated rings. The lowest BCUT2D eigenvalue weighted by molar-refractivity contribution is 0.162. The molecule has 0 heterocycles. The summed E-state index contributed by atoms with van der Waals surface area (Å²) in [6.07, 6.45) is 6.19. The van der Waals surface area contributed by atoms with Gasteiger partial charge in [-0.3, -0.25) is 0 Å². The molecule has 0 aliphatic heterocycles. The van der Waals surface area contributed by atoms with Crippen LogP contribution in [0.2, 0.25) is 0 Å². The Hall–Kier alpha value is -0.730. The molecule has 1 saturated carbocycles. The Morgan fingerprint density at radius 1 is 1.36 bits per heavy atom. The van der Waals surface area contributed by atoms with Gasteiger partial charge >= 0.3 is 6.03 Å². The number of hydrogen-bond donors (Lipinski definition) is 1. The lowest BCUT2D eigenvalue weighted by Crippen LogP contribution is -2.43. The second-order valence-electron chi connectivity index (χ2n) is 4.25. The largest absolute Gasteiger partial charge is 0.341 e. The number of nitrogens with zero attached hydrogens (tertiary/aromatic N) is 1. The highest BCUT2D eigenvalue weighted by Crippen LogP contribution is 2.28. The van der Waals surface area contributed by atoms with E-state index in [4.69, 9.17) is 0 Å². The Kier molecular flexibility index (Phi) is 4.23. The summed E-state index contributed by atoms with van der Waals surface area (Å²) in [5.41, 5.74) is 0. The fraction of sp³-hybridized carbons (Fsp3) is 0.909. The van der Waals surface area contributed by atoms with Crippen LogP contribution in [-0.2, 0) is 0 Å². The van der Waals surface area contributed by atoms with Crippen molar-refractivity contribution in [2.75, 3.05) is 14.1 Å². The summed E-state index contributed by atoms with van der Waals surface area (Å²) in [4.78, 5) is 13.2. The second kappa shape index (κ2) is 5.23. The van der Waals surface area contributed by atoms with Crippen LogP contribution in [0, 0.1) is 5.92 Å². The van der Waals surface area contributed by atoms with Crippen LogP contribution in [0.1, 0.15) is 39.0 Å². The number of urea groups is 1. The first-order valence-corrected chi connectivity index (χ1v) is 5.63. The Morgan fingerprint density at radius 3 is 2.36 bits per heavy atom. The highest BCUT2D eigenvalue weighted by atomic mass is 16.2. The molecule has 0 spiro atoms. The molecule has 3 nitrogen and oxygen atoms in total. The minimum Gasteiger partial charge on any atom is -0.341 e. The van der Waals surface area contributed by atoms with Gasteiger partial charge in [0.05, 0.1) is 0 Å². The Balaban J connectivity index is 2.37. The summed E-state index contributed by atoms with van der Waals surface area (Å²) in [5.74, 6) is 0.893. The first-order valence-electron chi connectivity index (χ1n) is 5.63. The molecule has 3 heteroatoms. The fourth-order valence-corrected chi connectivity index (χ4v) is 2.28. The van der Waals surface area contributed by atoms with Gasteiger partial charge in [0.1, 0.15) is 0 Å². The van der Waals surface area contributed by atoms with Gasteiger partial charge in [0.15, 0.2) is 0 Å². The van der Waals surface area contributed by atoms with E-state index >= 15 is 0 Å². The Labute approximate surface area is 86.9 Å². The highest BCUT2D eigenvalue weighted by molar-refractivity contribution is 5.73. The molecule has 82 valence electrons. The third kappa shape index (κ3) is 2.63. The molecule has 0 bridgehead atoms. The van der Waals surface area contributed by atoms with Crippen molar-refractivity contribution in [2.24, 2.45) is 5.92 Å². The zero-order chi connectivity index (χ0) is 10.6. The normalized spacial score (nSPS) is 27.1. The minimum atomic E-state index is 0.0462. The van der Waals surface area contributed by atoms with Gasteiger partial charge in [-0.05, 0) is 31.6 Å². The van der Waals surface area contributed by atoms with Crippen molar-refractivity contribution >= 4 is 6.03 Å². The lowest BCUT2D eigenvalue weighted by atomic mass is 9.84. The molecule has 1 aliphatic carbocycles. The van der Waals surface area contributed by atoms with E-state index in [-0.39, 0.29) is 6.03 Å². The summed E-state index contributed by atoms with van der Waals surface area (Å²) in [6, 6.07) is 0.502. The van der Waals surface area contributed by atoms with Gasteiger partial charge in [0.25, 0.3) is 0 Å². The maximum absolute atomic E-state index is 11.4. The lowest BCUT2D eigenvalue weighted by Gasteiger charge is -2.34. The van der Waals surface area contributed by atoms with Crippen LogP contribution in [0.5, 0.6) is 0 Å². The predicted molar refractivity (Wildman–Crippen MR) is 58.3 cm³/mol. The SMILES string of the molecule is CCC1CCC(N(C)C(=O)NC)CC1. The average Bonchev–Trinajstić information content (AvgIpc) is 2.27. The Bertz CT molecular complexity index is 186. The number of hydrogen-bond acceptors (Lipinski definition) is 1. The van der Waals surface area contributed by atoms with E-state index in [1.165, 1.54) is 32.1 Å². The van der Waals surface area contributed by atoms with Crippen LogP contribution >= 0.6 is 0 Å². The third-order valence-corrected chi connectivity index (χ3v) is 3.48. The van der Waals surface area contributed by atoms with Gasteiger partial charge in [0.2, 0.25) is 0 Å². The van der Waals surface area contributed by atoms with Crippen molar-refractivity contribution in [1.29, 1.82) is 0 Å². The summed E-state index contributed by atoms with van der Waals surface area (Å²) in [6.45, 7) is 2.26. The van der Waals surface area contributed by atoms with Gasteiger partial charge < -0.3 is 10.2 Å². The molecule has 0 saturated heterocycles. The van der Waals surface area contributed by atoms with Crippen molar-refractivity contribution in [1.82, 2.24) is 10.2 Å².